The zero-order valence-corrected chi connectivity index (χ0v) is 19.5. The van der Waals surface area contributed by atoms with Crippen LogP contribution in [0.1, 0.15) is 77.6 Å². The predicted octanol–water partition coefficient (Wildman–Crippen LogP) is 7.04. The first-order valence-electron chi connectivity index (χ1n) is 11.7. The third-order valence-electron chi connectivity index (χ3n) is 7.91. The van der Waals surface area contributed by atoms with Gasteiger partial charge in [0, 0.05) is 0 Å². The van der Waals surface area contributed by atoms with E-state index in [9.17, 15) is 0 Å². The van der Waals surface area contributed by atoms with Crippen molar-refractivity contribution in [1.82, 2.24) is 0 Å². The summed E-state index contributed by atoms with van der Waals surface area (Å²) in [5, 5.41) is 0. The maximum atomic E-state index is 2.69. The van der Waals surface area contributed by atoms with Crippen molar-refractivity contribution in [3.05, 3.63) is 81.9 Å². The SMILES string of the molecule is CCCC(C)C1=CC([Si](C)(C)C2C=Cc3cc4c(cc32)CCC4)c2ccccc21.[LiH]. The molecule has 3 atom stereocenters. The molecule has 0 aromatic heterocycles. The molecule has 0 heterocycles. The van der Waals surface area contributed by atoms with E-state index in [1.54, 1.807) is 27.8 Å². The quantitative estimate of drug-likeness (QED) is 0.467. The molecule has 2 aromatic rings. The Balaban J connectivity index is 0.00000218. The van der Waals surface area contributed by atoms with Crippen molar-refractivity contribution < 1.29 is 0 Å². The second kappa shape index (κ2) is 8.35. The van der Waals surface area contributed by atoms with E-state index in [0.29, 0.717) is 17.0 Å². The second-order valence-electron chi connectivity index (χ2n) is 10.1. The van der Waals surface area contributed by atoms with Gasteiger partial charge in [0.15, 0.2) is 0 Å². The van der Waals surface area contributed by atoms with E-state index in [2.05, 4.69) is 81.6 Å². The molecule has 3 aliphatic carbocycles. The van der Waals surface area contributed by atoms with Gasteiger partial charge in [-0.3, -0.25) is 0 Å². The van der Waals surface area contributed by atoms with Crippen LogP contribution in [0, 0.1) is 5.92 Å². The van der Waals surface area contributed by atoms with Crippen LogP contribution in [0.3, 0.4) is 0 Å². The van der Waals surface area contributed by atoms with Gasteiger partial charge in [-0.2, -0.15) is 0 Å². The van der Waals surface area contributed by atoms with Crippen LogP contribution in [-0.2, 0) is 12.8 Å². The zero-order chi connectivity index (χ0) is 20.2. The van der Waals surface area contributed by atoms with Crippen molar-refractivity contribution in [2.45, 2.75) is 70.1 Å². The molecule has 152 valence electrons. The molecule has 0 amide bonds. The molecule has 30 heavy (non-hydrogen) atoms. The minimum absolute atomic E-state index is 0. The molecule has 0 saturated heterocycles. The molecular weight excluding hydrogens is 371 g/mol. The minimum atomic E-state index is -1.65. The van der Waals surface area contributed by atoms with Gasteiger partial charge in [-0.15, -0.1) is 0 Å². The van der Waals surface area contributed by atoms with Gasteiger partial charge >= 0.3 is 18.9 Å². The van der Waals surface area contributed by atoms with E-state index in [-0.39, 0.29) is 18.9 Å². The van der Waals surface area contributed by atoms with Crippen LogP contribution in [0.25, 0.3) is 11.6 Å². The molecule has 3 aliphatic rings. The molecule has 5 rings (SSSR count). The molecule has 0 aliphatic heterocycles. The van der Waals surface area contributed by atoms with Crippen molar-refractivity contribution in [2.24, 2.45) is 5.92 Å². The van der Waals surface area contributed by atoms with Gasteiger partial charge < -0.3 is 0 Å². The van der Waals surface area contributed by atoms with Gasteiger partial charge in [-0.05, 0) is 81.6 Å². The summed E-state index contributed by atoms with van der Waals surface area (Å²) in [6.07, 6.45) is 14.1. The van der Waals surface area contributed by atoms with Crippen molar-refractivity contribution >= 4 is 38.6 Å². The summed E-state index contributed by atoms with van der Waals surface area (Å²) in [5.74, 6) is 0.658. The van der Waals surface area contributed by atoms with E-state index in [0.717, 1.165) is 0 Å². The number of allylic oxidation sites excluding steroid dienone is 3. The summed E-state index contributed by atoms with van der Waals surface area (Å²) in [6.45, 7) is 10.0. The molecule has 0 bridgehead atoms. The summed E-state index contributed by atoms with van der Waals surface area (Å²) in [4.78, 5) is 0. The van der Waals surface area contributed by atoms with Crippen LogP contribution in [0.4, 0.5) is 0 Å². The van der Waals surface area contributed by atoms with Crippen molar-refractivity contribution in [3.8, 4) is 0 Å². The van der Waals surface area contributed by atoms with Crippen LogP contribution < -0.4 is 0 Å². The first kappa shape index (κ1) is 21.9. The Hall–Kier alpha value is -1.27. The molecule has 3 unspecified atom stereocenters. The molecule has 0 radical (unpaired) electrons. The summed E-state index contributed by atoms with van der Waals surface area (Å²) >= 11 is 0. The normalized spacial score (nSPS) is 22.2. The fraction of sp³-hybridized carbons (Fsp3) is 0.429. The standard InChI is InChI=1S/C28H34Si.Li.H/c1-5-9-19(2)25-18-28(24-13-7-6-12-23(24)25)29(3,4)27-15-14-22-16-20-10-8-11-21(20)17-26(22)27;;/h6-7,12-19,27-28H,5,8-11H2,1-4H3;;. The zero-order valence-electron chi connectivity index (χ0n) is 18.5. The Labute approximate surface area is 196 Å². The van der Waals surface area contributed by atoms with Gasteiger partial charge in [0.2, 0.25) is 0 Å². The number of aryl methyl sites for hydroxylation is 2. The third kappa shape index (κ3) is 3.44. The number of hydrogen-bond donors (Lipinski definition) is 0. The number of hydrogen-bond acceptors (Lipinski definition) is 0. The summed E-state index contributed by atoms with van der Waals surface area (Å²) in [7, 11) is -1.65. The number of benzene rings is 2. The van der Waals surface area contributed by atoms with Crippen LogP contribution in [0.2, 0.25) is 13.1 Å². The first-order chi connectivity index (χ1) is 14.0. The van der Waals surface area contributed by atoms with Crippen LogP contribution in [-0.4, -0.2) is 26.9 Å². The average molecular weight is 407 g/mol. The van der Waals surface area contributed by atoms with Gasteiger partial charge in [-0.25, -0.2) is 0 Å². The Kier molecular flexibility index (Phi) is 6.11. The monoisotopic (exact) mass is 406 g/mol. The molecule has 2 aromatic carbocycles. The third-order valence-corrected chi connectivity index (χ3v) is 12.1. The van der Waals surface area contributed by atoms with E-state index in [4.69, 9.17) is 0 Å². The summed E-state index contributed by atoms with van der Waals surface area (Å²) < 4.78 is 0. The Morgan fingerprint density at radius 1 is 1.00 bits per heavy atom. The molecular formula is C28H35LiSi. The summed E-state index contributed by atoms with van der Waals surface area (Å²) in [6, 6.07) is 14.4. The maximum absolute atomic E-state index is 2.69. The Morgan fingerprint density at radius 2 is 1.73 bits per heavy atom. The fourth-order valence-corrected chi connectivity index (χ4v) is 9.94. The van der Waals surface area contributed by atoms with Crippen LogP contribution >= 0.6 is 0 Å². The van der Waals surface area contributed by atoms with E-state index < -0.39 is 8.07 Å². The molecule has 2 heteroatoms. The average Bonchev–Trinajstić information content (AvgIpc) is 3.42. The van der Waals surface area contributed by atoms with Gasteiger partial charge in [0.05, 0.1) is 8.07 Å². The van der Waals surface area contributed by atoms with Gasteiger partial charge in [0.25, 0.3) is 0 Å². The predicted molar refractivity (Wildman–Crippen MR) is 136 cm³/mol. The van der Waals surface area contributed by atoms with E-state index >= 15 is 0 Å². The summed E-state index contributed by atoms with van der Waals surface area (Å²) in [5.41, 5.74) is 12.4. The first-order valence-corrected chi connectivity index (χ1v) is 14.8. The van der Waals surface area contributed by atoms with E-state index in [1.165, 1.54) is 43.2 Å². The van der Waals surface area contributed by atoms with Gasteiger partial charge in [-0.1, -0.05) is 88.0 Å². The van der Waals surface area contributed by atoms with Crippen LogP contribution in [0.5, 0.6) is 0 Å². The van der Waals surface area contributed by atoms with Crippen molar-refractivity contribution in [3.63, 3.8) is 0 Å². The van der Waals surface area contributed by atoms with Crippen molar-refractivity contribution in [2.75, 3.05) is 0 Å². The topological polar surface area (TPSA) is 0 Å². The van der Waals surface area contributed by atoms with E-state index in [1.807, 2.05) is 0 Å². The molecule has 0 N–H and O–H groups in total. The number of rotatable bonds is 5. The Bertz CT molecular complexity index is 1010. The molecule has 0 fully saturated rings. The van der Waals surface area contributed by atoms with Crippen molar-refractivity contribution in [1.29, 1.82) is 0 Å². The fourth-order valence-electron chi connectivity index (χ4n) is 6.25. The molecule has 0 spiro atoms. The number of fused-ring (bicyclic) bond motifs is 3. The van der Waals surface area contributed by atoms with Gasteiger partial charge in [0.1, 0.15) is 0 Å². The molecule has 0 saturated carbocycles. The second-order valence-corrected chi connectivity index (χ2v) is 15.0. The van der Waals surface area contributed by atoms with Crippen LogP contribution in [0.15, 0.2) is 48.6 Å². The molecule has 0 nitrogen and oxygen atoms in total. The Morgan fingerprint density at radius 3 is 2.50 bits per heavy atom.